The summed E-state index contributed by atoms with van der Waals surface area (Å²) in [4.78, 5) is 12.7. The highest BCUT2D eigenvalue weighted by Gasteiger charge is 2.23. The number of ether oxygens (including phenoxy) is 1. The molecule has 1 fully saturated rings. The average molecular weight is 229 g/mol. The van der Waals surface area contributed by atoms with E-state index in [2.05, 4.69) is 0 Å². The van der Waals surface area contributed by atoms with E-state index in [1.807, 2.05) is 30.3 Å². The maximum atomic E-state index is 11.4. The van der Waals surface area contributed by atoms with Gasteiger partial charge in [-0.25, -0.2) is 0 Å². The number of nitrogens with zero attached hydrogens (tertiary/aromatic N) is 1. The highest BCUT2D eigenvalue weighted by molar-refractivity contribution is 6.14. The van der Waals surface area contributed by atoms with E-state index in [0.29, 0.717) is 19.6 Å². The van der Waals surface area contributed by atoms with Gasteiger partial charge in [0.2, 0.25) is 13.9 Å². The van der Waals surface area contributed by atoms with E-state index in [0.717, 1.165) is 18.4 Å². The first-order valence-electron chi connectivity index (χ1n) is 5.96. The number of amides is 1. The Labute approximate surface area is 103 Å². The van der Waals surface area contributed by atoms with Crippen LogP contribution >= 0.6 is 0 Å². The summed E-state index contributed by atoms with van der Waals surface area (Å²) in [6.45, 7) is 1.08. The minimum atomic E-state index is 0.0181. The van der Waals surface area contributed by atoms with Gasteiger partial charge >= 0.3 is 0 Å². The smallest absolute Gasteiger partial charge is 0.230 e. The molecule has 0 aromatic heterocycles. The van der Waals surface area contributed by atoms with Crippen LogP contribution in [0.2, 0.25) is 0 Å². The summed E-state index contributed by atoms with van der Waals surface area (Å²) in [5.41, 5.74) is 1.14. The monoisotopic (exact) mass is 229 g/mol. The molecule has 3 nitrogen and oxygen atoms in total. The van der Waals surface area contributed by atoms with E-state index in [1.54, 1.807) is 0 Å². The summed E-state index contributed by atoms with van der Waals surface area (Å²) < 4.78 is 5.60. The standard InChI is InChI=1S/C13H16BNO2/c14-15-12(7-4-8-13(15)16)10-17-9-11-5-2-1-3-6-11/h1-3,5-6,12H,4,7-10H2. The molecule has 1 aromatic carbocycles. The number of rotatable bonds is 4. The van der Waals surface area contributed by atoms with Crippen LogP contribution in [0.3, 0.4) is 0 Å². The van der Waals surface area contributed by atoms with Crippen LogP contribution in [0, 0.1) is 0 Å². The molecule has 0 saturated carbocycles. The van der Waals surface area contributed by atoms with Crippen LogP contribution in [-0.2, 0) is 16.1 Å². The molecule has 0 bridgehead atoms. The van der Waals surface area contributed by atoms with Crippen LogP contribution in [0.1, 0.15) is 24.8 Å². The lowest BCUT2D eigenvalue weighted by molar-refractivity contribution is -0.131. The molecule has 2 rings (SSSR count). The first-order valence-corrected chi connectivity index (χ1v) is 5.96. The number of carbonyl (C=O) groups excluding carboxylic acids is 1. The van der Waals surface area contributed by atoms with Gasteiger partial charge in [0.15, 0.2) is 0 Å². The van der Waals surface area contributed by atoms with Gasteiger partial charge in [-0.2, -0.15) is 0 Å². The van der Waals surface area contributed by atoms with Gasteiger partial charge < -0.3 is 9.55 Å². The molecule has 0 N–H and O–H groups in total. The molecule has 4 heteroatoms. The molecule has 1 heterocycles. The zero-order valence-corrected chi connectivity index (χ0v) is 9.84. The summed E-state index contributed by atoms with van der Waals surface area (Å²) in [6, 6.07) is 10.0. The van der Waals surface area contributed by atoms with Crippen molar-refractivity contribution in [2.24, 2.45) is 0 Å². The number of hydrogen-bond acceptors (Lipinski definition) is 2. The van der Waals surface area contributed by atoms with Gasteiger partial charge in [0.1, 0.15) is 0 Å². The molecule has 1 aliphatic heterocycles. The lowest BCUT2D eigenvalue weighted by Gasteiger charge is -2.33. The van der Waals surface area contributed by atoms with Gasteiger partial charge in [-0.3, -0.25) is 4.79 Å². The summed E-state index contributed by atoms with van der Waals surface area (Å²) >= 11 is 0. The zero-order valence-electron chi connectivity index (χ0n) is 9.84. The van der Waals surface area contributed by atoms with Crippen LogP contribution in [0.4, 0.5) is 0 Å². The maximum absolute atomic E-state index is 11.4. The summed E-state index contributed by atoms with van der Waals surface area (Å²) in [6.07, 6.45) is 2.40. The quantitative estimate of drug-likeness (QED) is 0.735. The van der Waals surface area contributed by atoms with Crippen molar-refractivity contribution >= 4 is 13.9 Å². The Bertz CT molecular complexity index is 369. The zero-order chi connectivity index (χ0) is 12.1. The van der Waals surface area contributed by atoms with Crippen LogP contribution in [0.25, 0.3) is 0 Å². The first-order chi connectivity index (χ1) is 8.27. The Morgan fingerprint density at radius 1 is 1.35 bits per heavy atom. The third-order valence-electron chi connectivity index (χ3n) is 3.03. The predicted molar refractivity (Wildman–Crippen MR) is 66.3 cm³/mol. The molecule has 1 aromatic rings. The third kappa shape index (κ3) is 3.33. The SMILES string of the molecule is [B]N1C(=O)CCCC1COCc1ccccc1. The van der Waals surface area contributed by atoms with Crippen molar-refractivity contribution in [1.29, 1.82) is 0 Å². The van der Waals surface area contributed by atoms with E-state index >= 15 is 0 Å². The van der Waals surface area contributed by atoms with Crippen molar-refractivity contribution in [1.82, 2.24) is 4.81 Å². The molecule has 1 atom stereocenters. The van der Waals surface area contributed by atoms with Crippen LogP contribution in [-0.4, -0.2) is 31.3 Å². The van der Waals surface area contributed by atoms with Crippen molar-refractivity contribution in [2.45, 2.75) is 31.9 Å². The molecule has 1 aliphatic rings. The highest BCUT2D eigenvalue weighted by atomic mass is 16.5. The molecule has 0 aliphatic carbocycles. The number of hydrogen-bond donors (Lipinski definition) is 0. The molecule has 1 saturated heterocycles. The topological polar surface area (TPSA) is 29.5 Å². The second-order valence-electron chi connectivity index (χ2n) is 4.35. The van der Waals surface area contributed by atoms with Crippen molar-refractivity contribution in [2.75, 3.05) is 6.61 Å². The van der Waals surface area contributed by atoms with Gasteiger partial charge in [-0.1, -0.05) is 30.3 Å². The summed E-state index contributed by atoms with van der Waals surface area (Å²) in [5, 5.41) is 0. The maximum Gasteiger partial charge on any atom is 0.230 e. The molecule has 1 amide bonds. The molecule has 0 spiro atoms. The minimum absolute atomic E-state index is 0.0181. The van der Waals surface area contributed by atoms with Crippen LogP contribution < -0.4 is 0 Å². The van der Waals surface area contributed by atoms with E-state index in [1.165, 1.54) is 4.81 Å². The van der Waals surface area contributed by atoms with Crippen LogP contribution in [0.5, 0.6) is 0 Å². The molecule has 88 valence electrons. The van der Waals surface area contributed by atoms with Gasteiger partial charge in [0.05, 0.1) is 13.2 Å². The minimum Gasteiger partial charge on any atom is -0.392 e. The average Bonchev–Trinajstić information content (AvgIpc) is 2.36. The Morgan fingerprint density at radius 3 is 2.88 bits per heavy atom. The van der Waals surface area contributed by atoms with E-state index in [-0.39, 0.29) is 11.9 Å². The predicted octanol–water partition coefficient (Wildman–Crippen LogP) is 1.67. The fraction of sp³-hybridized carbons (Fsp3) is 0.462. The fourth-order valence-electron chi connectivity index (χ4n) is 2.01. The lowest BCUT2D eigenvalue weighted by Crippen LogP contribution is -2.44. The Kier molecular flexibility index (Phi) is 4.21. The largest absolute Gasteiger partial charge is 0.392 e. The van der Waals surface area contributed by atoms with Crippen molar-refractivity contribution < 1.29 is 9.53 Å². The fourth-order valence-corrected chi connectivity index (χ4v) is 2.01. The van der Waals surface area contributed by atoms with E-state index < -0.39 is 0 Å². The van der Waals surface area contributed by atoms with Gasteiger partial charge in [-0.15, -0.1) is 0 Å². The second kappa shape index (κ2) is 5.87. The molecular formula is C13H16BNO2. The lowest BCUT2D eigenvalue weighted by atomic mass is 9.98. The van der Waals surface area contributed by atoms with Crippen molar-refractivity contribution in [3.8, 4) is 0 Å². The van der Waals surface area contributed by atoms with Crippen LogP contribution in [0.15, 0.2) is 30.3 Å². The van der Waals surface area contributed by atoms with Gasteiger partial charge in [-0.05, 0) is 18.4 Å². The van der Waals surface area contributed by atoms with Crippen molar-refractivity contribution in [3.63, 3.8) is 0 Å². The Morgan fingerprint density at radius 2 is 2.12 bits per heavy atom. The number of piperidine rings is 1. The third-order valence-corrected chi connectivity index (χ3v) is 3.03. The van der Waals surface area contributed by atoms with E-state index in [4.69, 9.17) is 12.7 Å². The molecule has 2 radical (unpaired) electrons. The summed E-state index contributed by atoms with van der Waals surface area (Å²) in [7, 11) is 5.71. The molecule has 17 heavy (non-hydrogen) atoms. The van der Waals surface area contributed by atoms with Gasteiger partial charge in [0.25, 0.3) is 0 Å². The number of benzene rings is 1. The van der Waals surface area contributed by atoms with Gasteiger partial charge in [0, 0.05) is 12.5 Å². The molecular weight excluding hydrogens is 213 g/mol. The normalized spacial score (nSPS) is 20.6. The Balaban J connectivity index is 1.76. The van der Waals surface area contributed by atoms with E-state index in [9.17, 15) is 4.79 Å². The Hall–Kier alpha value is -1.29. The first kappa shape index (κ1) is 12.2. The number of carbonyl (C=O) groups is 1. The highest BCUT2D eigenvalue weighted by Crippen LogP contribution is 2.16. The second-order valence-corrected chi connectivity index (χ2v) is 4.35. The van der Waals surface area contributed by atoms with Crippen molar-refractivity contribution in [3.05, 3.63) is 35.9 Å². The summed E-state index contributed by atoms with van der Waals surface area (Å²) in [5.74, 6) is 0.0181. The molecule has 1 unspecified atom stereocenters.